The van der Waals surface area contributed by atoms with Crippen LogP contribution in [0, 0.1) is 0 Å². The number of hydrogen-bond acceptors (Lipinski definition) is 2. The number of hydrogen-bond donors (Lipinski definition) is 1. The third kappa shape index (κ3) is 11.5. The summed E-state index contributed by atoms with van der Waals surface area (Å²) in [5.41, 5.74) is 5.21. The summed E-state index contributed by atoms with van der Waals surface area (Å²) in [7, 11) is 4.06. The van der Waals surface area contributed by atoms with Crippen molar-refractivity contribution in [2.24, 2.45) is 5.73 Å². The van der Waals surface area contributed by atoms with Gasteiger partial charge in [-0.2, -0.15) is 0 Å². The number of halogens is 1. The third-order valence-electron chi connectivity index (χ3n) is 0.773. The second-order valence-corrected chi connectivity index (χ2v) is 1.97. The predicted molar refractivity (Wildman–Crippen MR) is 44.0 cm³/mol. The minimum absolute atomic E-state index is 0. The van der Waals surface area contributed by atoms with Crippen LogP contribution >= 0.6 is 12.4 Å². The van der Waals surface area contributed by atoms with E-state index >= 15 is 0 Å². The van der Waals surface area contributed by atoms with Gasteiger partial charge in [0.2, 0.25) is 0 Å². The number of nitrogens with zero attached hydrogens (tertiary/aromatic N) is 1. The van der Waals surface area contributed by atoms with Gasteiger partial charge < -0.3 is 10.6 Å². The van der Waals surface area contributed by atoms with Gasteiger partial charge in [-0.05, 0) is 14.1 Å². The molecule has 0 aromatic carbocycles. The fraction of sp³-hybridized carbons (Fsp3) is 0.667. The van der Waals surface area contributed by atoms with Crippen molar-refractivity contribution in [3.63, 3.8) is 0 Å². The van der Waals surface area contributed by atoms with Crippen LogP contribution in [0.1, 0.15) is 0 Å². The summed E-state index contributed by atoms with van der Waals surface area (Å²) in [5.74, 6) is 0. The van der Waals surface area contributed by atoms with E-state index in [0.29, 0.717) is 6.54 Å². The van der Waals surface area contributed by atoms with Gasteiger partial charge in [0.15, 0.2) is 0 Å². The van der Waals surface area contributed by atoms with Crippen LogP contribution in [0.5, 0.6) is 0 Å². The Bertz CT molecular complexity index is 71.5. The predicted octanol–water partition coefficient (Wildman–Crippen LogP) is 0.485. The van der Waals surface area contributed by atoms with E-state index in [4.69, 9.17) is 5.73 Å². The molecular weight excluding hydrogens is 136 g/mol. The van der Waals surface area contributed by atoms with E-state index in [0.717, 1.165) is 6.54 Å². The zero-order valence-electron chi connectivity index (χ0n) is 6.00. The van der Waals surface area contributed by atoms with E-state index in [9.17, 15) is 0 Å². The molecule has 0 saturated heterocycles. The van der Waals surface area contributed by atoms with Gasteiger partial charge in [0.05, 0.1) is 0 Å². The van der Waals surface area contributed by atoms with Crippen LogP contribution in [0.3, 0.4) is 0 Å². The van der Waals surface area contributed by atoms with Crippen LogP contribution in [0.25, 0.3) is 0 Å². The summed E-state index contributed by atoms with van der Waals surface area (Å²) in [4.78, 5) is 2.09. The first-order chi connectivity index (χ1) is 3.77. The summed E-state index contributed by atoms with van der Waals surface area (Å²) < 4.78 is 0. The number of nitrogens with two attached hydrogens (primary N) is 1. The lowest BCUT2D eigenvalue weighted by atomic mass is 10.5. The maximum absolute atomic E-state index is 5.21. The molecule has 9 heavy (non-hydrogen) atoms. The molecule has 2 N–H and O–H groups in total. The zero-order valence-corrected chi connectivity index (χ0v) is 6.82. The summed E-state index contributed by atoms with van der Waals surface area (Å²) in [5, 5.41) is 0. The lowest BCUT2D eigenvalue weighted by Gasteiger charge is -2.02. The van der Waals surface area contributed by atoms with Crippen molar-refractivity contribution in [2.45, 2.75) is 0 Å². The molecule has 0 radical (unpaired) electrons. The van der Waals surface area contributed by atoms with Gasteiger partial charge in [-0.1, -0.05) is 12.2 Å². The molecule has 0 bridgehead atoms. The zero-order chi connectivity index (χ0) is 6.41. The van der Waals surface area contributed by atoms with Crippen molar-refractivity contribution in [1.29, 1.82) is 0 Å². The molecule has 3 heteroatoms. The molecule has 0 aliphatic heterocycles. The molecular formula is C6H15ClN2. The molecule has 2 nitrogen and oxygen atoms in total. The van der Waals surface area contributed by atoms with Crippen LogP contribution in [0.2, 0.25) is 0 Å². The second kappa shape index (κ2) is 7.95. The fourth-order valence-corrected chi connectivity index (χ4v) is 0.382. The highest BCUT2D eigenvalue weighted by molar-refractivity contribution is 5.85. The minimum atomic E-state index is 0. The Morgan fingerprint density at radius 3 is 2.22 bits per heavy atom. The maximum atomic E-state index is 5.21. The van der Waals surface area contributed by atoms with E-state index in [1.807, 2.05) is 20.2 Å². The molecule has 0 aliphatic rings. The highest BCUT2D eigenvalue weighted by Gasteiger charge is 1.78. The van der Waals surface area contributed by atoms with Crippen molar-refractivity contribution in [3.05, 3.63) is 12.2 Å². The van der Waals surface area contributed by atoms with Crippen LogP contribution in [-0.4, -0.2) is 32.1 Å². The van der Waals surface area contributed by atoms with Crippen LogP contribution < -0.4 is 5.73 Å². The fourth-order valence-electron chi connectivity index (χ4n) is 0.382. The Hall–Kier alpha value is -0.0500. The van der Waals surface area contributed by atoms with E-state index in [2.05, 4.69) is 11.0 Å². The normalized spacial score (nSPS) is 10.2. The topological polar surface area (TPSA) is 29.3 Å². The largest absolute Gasteiger partial charge is 0.327 e. The lowest BCUT2D eigenvalue weighted by molar-refractivity contribution is 0.456. The number of likely N-dealkylation sites (N-methyl/N-ethyl adjacent to an activating group) is 1. The van der Waals surface area contributed by atoms with E-state index in [1.54, 1.807) is 0 Å². The Labute approximate surface area is 63.1 Å². The second-order valence-electron chi connectivity index (χ2n) is 1.97. The molecule has 0 heterocycles. The van der Waals surface area contributed by atoms with E-state index in [1.165, 1.54) is 0 Å². The molecule has 0 aromatic rings. The van der Waals surface area contributed by atoms with Gasteiger partial charge in [0.25, 0.3) is 0 Å². The molecule has 0 aliphatic carbocycles. The Kier molecular flexibility index (Phi) is 10.3. The van der Waals surface area contributed by atoms with Crippen LogP contribution in [0.15, 0.2) is 12.2 Å². The monoisotopic (exact) mass is 150 g/mol. The standard InChI is InChI=1S/C6H14N2.ClH/c1-8(2)6-4-3-5-7;/h3-4H,5-7H2,1-2H3;1H/b4-3+;. The summed E-state index contributed by atoms with van der Waals surface area (Å²) in [6.45, 7) is 1.63. The van der Waals surface area contributed by atoms with E-state index in [-0.39, 0.29) is 12.4 Å². The summed E-state index contributed by atoms with van der Waals surface area (Å²) in [6.07, 6.45) is 4.01. The molecule has 0 fully saturated rings. The van der Waals surface area contributed by atoms with E-state index < -0.39 is 0 Å². The molecule has 0 aromatic heterocycles. The first kappa shape index (κ1) is 11.7. The van der Waals surface area contributed by atoms with Gasteiger partial charge >= 0.3 is 0 Å². The van der Waals surface area contributed by atoms with Crippen molar-refractivity contribution < 1.29 is 0 Å². The highest BCUT2D eigenvalue weighted by atomic mass is 35.5. The Balaban J connectivity index is 0. The van der Waals surface area contributed by atoms with Crippen molar-refractivity contribution in [2.75, 3.05) is 27.2 Å². The van der Waals surface area contributed by atoms with Crippen molar-refractivity contribution in [1.82, 2.24) is 4.90 Å². The molecule has 0 spiro atoms. The summed E-state index contributed by atoms with van der Waals surface area (Å²) in [6, 6.07) is 0. The summed E-state index contributed by atoms with van der Waals surface area (Å²) >= 11 is 0. The van der Waals surface area contributed by atoms with Gasteiger partial charge in [0, 0.05) is 13.1 Å². The average Bonchev–Trinajstić information content (AvgIpc) is 1.66. The van der Waals surface area contributed by atoms with Crippen molar-refractivity contribution in [3.8, 4) is 0 Å². The Morgan fingerprint density at radius 2 is 1.89 bits per heavy atom. The molecule has 0 atom stereocenters. The Morgan fingerprint density at radius 1 is 1.33 bits per heavy atom. The SMILES string of the molecule is CN(C)C/C=C/CN.Cl. The van der Waals surface area contributed by atoms with Crippen molar-refractivity contribution >= 4 is 12.4 Å². The smallest absolute Gasteiger partial charge is 0.0157 e. The lowest BCUT2D eigenvalue weighted by Crippen LogP contribution is -2.10. The van der Waals surface area contributed by atoms with Gasteiger partial charge in [-0.3, -0.25) is 0 Å². The van der Waals surface area contributed by atoms with Gasteiger partial charge in [0.1, 0.15) is 0 Å². The van der Waals surface area contributed by atoms with Gasteiger partial charge in [-0.25, -0.2) is 0 Å². The highest BCUT2D eigenvalue weighted by Crippen LogP contribution is 1.74. The van der Waals surface area contributed by atoms with Crippen LogP contribution in [-0.2, 0) is 0 Å². The first-order valence-corrected chi connectivity index (χ1v) is 2.77. The average molecular weight is 151 g/mol. The maximum Gasteiger partial charge on any atom is 0.0157 e. The first-order valence-electron chi connectivity index (χ1n) is 2.77. The molecule has 0 unspecified atom stereocenters. The van der Waals surface area contributed by atoms with Gasteiger partial charge in [-0.15, -0.1) is 12.4 Å². The molecule has 0 saturated carbocycles. The molecule has 0 rings (SSSR count). The number of rotatable bonds is 3. The third-order valence-corrected chi connectivity index (χ3v) is 0.773. The molecule has 0 amide bonds. The molecule has 56 valence electrons. The minimum Gasteiger partial charge on any atom is -0.327 e. The quantitative estimate of drug-likeness (QED) is 0.594. The van der Waals surface area contributed by atoms with Crippen LogP contribution in [0.4, 0.5) is 0 Å².